The van der Waals surface area contributed by atoms with Crippen molar-refractivity contribution in [2.24, 2.45) is 5.92 Å². The molecular formula is C12H14N4O3. The van der Waals surface area contributed by atoms with Crippen molar-refractivity contribution < 1.29 is 9.45 Å². The first-order valence-electron chi connectivity index (χ1n) is 5.88. The van der Waals surface area contributed by atoms with E-state index in [0.29, 0.717) is 23.3 Å². The highest BCUT2D eigenvalue weighted by molar-refractivity contribution is 5.57. The Labute approximate surface area is 109 Å². The normalized spacial score (nSPS) is 10.7. The third-order valence-electron chi connectivity index (χ3n) is 2.42. The Kier molecular flexibility index (Phi) is 3.74. The molecule has 1 heterocycles. The maximum Gasteiger partial charge on any atom is 0.321 e. The summed E-state index contributed by atoms with van der Waals surface area (Å²) in [5, 5.41) is 17.4. The molecule has 2 aromatic rings. The molecule has 1 aromatic heterocycles. The third-order valence-corrected chi connectivity index (χ3v) is 2.42. The molecular weight excluding hydrogens is 248 g/mol. The Morgan fingerprint density at radius 1 is 1.37 bits per heavy atom. The Morgan fingerprint density at radius 2 is 2.05 bits per heavy atom. The van der Waals surface area contributed by atoms with Gasteiger partial charge in [-0.25, -0.2) is 0 Å². The van der Waals surface area contributed by atoms with Gasteiger partial charge in [0.05, 0.1) is 4.92 Å². The zero-order chi connectivity index (χ0) is 13.8. The van der Waals surface area contributed by atoms with Gasteiger partial charge >= 0.3 is 6.01 Å². The second kappa shape index (κ2) is 5.47. The van der Waals surface area contributed by atoms with Crippen LogP contribution in [0.1, 0.15) is 13.8 Å². The predicted octanol–water partition coefficient (Wildman–Crippen LogP) is 2.71. The van der Waals surface area contributed by atoms with Crippen LogP contribution in [0.15, 0.2) is 28.8 Å². The van der Waals surface area contributed by atoms with Crippen LogP contribution in [-0.2, 0) is 0 Å². The topological polar surface area (TPSA) is 94.1 Å². The van der Waals surface area contributed by atoms with E-state index in [1.165, 1.54) is 12.1 Å². The smallest absolute Gasteiger partial charge is 0.321 e. The molecule has 7 nitrogen and oxygen atoms in total. The predicted molar refractivity (Wildman–Crippen MR) is 69.7 cm³/mol. The van der Waals surface area contributed by atoms with Crippen molar-refractivity contribution in [3.63, 3.8) is 0 Å². The maximum absolute atomic E-state index is 10.5. The Morgan fingerprint density at radius 3 is 2.63 bits per heavy atom. The lowest BCUT2D eigenvalue weighted by atomic mass is 10.2. The van der Waals surface area contributed by atoms with Crippen LogP contribution >= 0.6 is 0 Å². The van der Waals surface area contributed by atoms with E-state index < -0.39 is 4.92 Å². The summed E-state index contributed by atoms with van der Waals surface area (Å²) in [5.41, 5.74) is 0.706. The lowest BCUT2D eigenvalue weighted by molar-refractivity contribution is -0.384. The van der Waals surface area contributed by atoms with Crippen molar-refractivity contribution in [1.82, 2.24) is 10.1 Å². The lowest BCUT2D eigenvalue weighted by Crippen LogP contribution is -2.07. The van der Waals surface area contributed by atoms with Gasteiger partial charge in [0, 0.05) is 24.2 Å². The highest BCUT2D eigenvalue weighted by Crippen LogP contribution is 2.20. The minimum absolute atomic E-state index is 0.0328. The zero-order valence-corrected chi connectivity index (χ0v) is 10.7. The van der Waals surface area contributed by atoms with Crippen LogP contribution in [0, 0.1) is 16.0 Å². The fraction of sp³-hybridized carbons (Fsp3) is 0.333. The summed E-state index contributed by atoms with van der Waals surface area (Å²) in [4.78, 5) is 14.3. The summed E-state index contributed by atoms with van der Waals surface area (Å²) >= 11 is 0. The van der Waals surface area contributed by atoms with E-state index in [-0.39, 0.29) is 5.69 Å². The highest BCUT2D eigenvalue weighted by atomic mass is 16.6. The van der Waals surface area contributed by atoms with E-state index in [0.717, 1.165) is 6.54 Å². The van der Waals surface area contributed by atoms with Gasteiger partial charge < -0.3 is 9.84 Å². The third kappa shape index (κ3) is 3.27. The number of nitro benzene ring substituents is 1. The van der Waals surface area contributed by atoms with Crippen molar-refractivity contribution in [2.45, 2.75) is 13.8 Å². The summed E-state index contributed by atoms with van der Waals surface area (Å²) in [6, 6.07) is 6.35. The lowest BCUT2D eigenvalue weighted by Gasteiger charge is -2.02. The first-order chi connectivity index (χ1) is 9.06. The standard InChI is InChI=1S/C12H14N4O3/c1-8(2)7-13-12-14-11(15-19-12)9-3-5-10(6-4-9)16(17)18/h3-6,8H,7H2,1-2H3,(H,13,14,15). The summed E-state index contributed by atoms with van der Waals surface area (Å²) < 4.78 is 5.04. The first kappa shape index (κ1) is 13.0. The van der Waals surface area contributed by atoms with Crippen molar-refractivity contribution in [1.29, 1.82) is 0 Å². The van der Waals surface area contributed by atoms with E-state index in [2.05, 4.69) is 29.3 Å². The van der Waals surface area contributed by atoms with E-state index >= 15 is 0 Å². The van der Waals surface area contributed by atoms with Gasteiger partial charge in [-0.1, -0.05) is 19.0 Å². The van der Waals surface area contributed by atoms with E-state index in [1.54, 1.807) is 12.1 Å². The molecule has 1 aromatic carbocycles. The molecule has 0 bridgehead atoms. The monoisotopic (exact) mass is 262 g/mol. The van der Waals surface area contributed by atoms with E-state index in [1.807, 2.05) is 0 Å². The number of nitro groups is 1. The zero-order valence-electron chi connectivity index (χ0n) is 10.7. The number of aromatic nitrogens is 2. The van der Waals surface area contributed by atoms with Gasteiger partial charge in [0.1, 0.15) is 0 Å². The Hall–Kier alpha value is -2.44. The minimum atomic E-state index is -0.449. The number of hydrogen-bond acceptors (Lipinski definition) is 6. The van der Waals surface area contributed by atoms with Gasteiger partial charge in [0.15, 0.2) is 0 Å². The molecule has 0 aliphatic rings. The largest absolute Gasteiger partial charge is 0.337 e. The average molecular weight is 262 g/mol. The second-order valence-electron chi connectivity index (χ2n) is 4.50. The summed E-state index contributed by atoms with van der Waals surface area (Å²) in [5.74, 6) is 0.871. The van der Waals surface area contributed by atoms with Crippen LogP contribution in [0.2, 0.25) is 0 Å². The fourth-order valence-corrected chi connectivity index (χ4v) is 1.44. The van der Waals surface area contributed by atoms with Crippen LogP contribution < -0.4 is 5.32 Å². The van der Waals surface area contributed by atoms with Gasteiger partial charge in [-0.05, 0) is 18.1 Å². The second-order valence-corrected chi connectivity index (χ2v) is 4.50. The molecule has 19 heavy (non-hydrogen) atoms. The molecule has 0 saturated carbocycles. The molecule has 1 N–H and O–H groups in total. The minimum Gasteiger partial charge on any atom is -0.337 e. The van der Waals surface area contributed by atoms with E-state index in [9.17, 15) is 10.1 Å². The summed E-state index contributed by atoms with van der Waals surface area (Å²) in [7, 11) is 0. The average Bonchev–Trinajstić information content (AvgIpc) is 2.85. The van der Waals surface area contributed by atoms with Crippen LogP contribution in [0.5, 0.6) is 0 Å². The number of anilines is 1. The van der Waals surface area contributed by atoms with Crippen LogP contribution in [-0.4, -0.2) is 21.6 Å². The Bertz CT molecular complexity index is 563. The molecule has 2 rings (SSSR count). The van der Waals surface area contributed by atoms with Gasteiger partial charge in [-0.15, -0.1) is 0 Å². The van der Waals surface area contributed by atoms with Crippen molar-refractivity contribution in [3.8, 4) is 11.4 Å². The molecule has 0 atom stereocenters. The maximum atomic E-state index is 10.5. The van der Waals surface area contributed by atoms with Crippen molar-refractivity contribution in [2.75, 3.05) is 11.9 Å². The molecule has 0 saturated heterocycles. The highest BCUT2D eigenvalue weighted by Gasteiger charge is 2.10. The van der Waals surface area contributed by atoms with Crippen LogP contribution in [0.4, 0.5) is 11.7 Å². The Balaban J connectivity index is 2.11. The van der Waals surface area contributed by atoms with Gasteiger partial charge in [0.25, 0.3) is 5.69 Å². The van der Waals surface area contributed by atoms with Gasteiger partial charge in [0.2, 0.25) is 5.82 Å². The van der Waals surface area contributed by atoms with Crippen molar-refractivity contribution >= 4 is 11.7 Å². The number of benzene rings is 1. The molecule has 100 valence electrons. The molecule has 0 unspecified atom stereocenters. The molecule has 0 radical (unpaired) electrons. The quantitative estimate of drug-likeness (QED) is 0.657. The summed E-state index contributed by atoms with van der Waals surface area (Å²) in [6.45, 7) is 4.88. The molecule has 0 aliphatic heterocycles. The van der Waals surface area contributed by atoms with Gasteiger partial charge in [-0.2, -0.15) is 4.98 Å². The number of nitrogens with one attached hydrogen (secondary N) is 1. The van der Waals surface area contributed by atoms with Crippen molar-refractivity contribution in [3.05, 3.63) is 34.4 Å². The van der Waals surface area contributed by atoms with Crippen LogP contribution in [0.3, 0.4) is 0 Å². The van der Waals surface area contributed by atoms with Crippen LogP contribution in [0.25, 0.3) is 11.4 Å². The SMILES string of the molecule is CC(C)CNc1nc(-c2ccc([N+](=O)[O-])cc2)no1. The number of rotatable bonds is 5. The molecule has 0 spiro atoms. The van der Waals surface area contributed by atoms with Gasteiger partial charge in [-0.3, -0.25) is 10.1 Å². The molecule has 7 heteroatoms. The molecule has 0 aliphatic carbocycles. The number of nitrogens with zero attached hydrogens (tertiary/aromatic N) is 3. The summed E-state index contributed by atoms with van der Waals surface area (Å²) in [6.07, 6.45) is 0. The van der Waals surface area contributed by atoms with E-state index in [4.69, 9.17) is 4.52 Å². The fourth-order valence-electron chi connectivity index (χ4n) is 1.44. The molecule has 0 amide bonds. The number of hydrogen-bond donors (Lipinski definition) is 1. The number of non-ortho nitro benzene ring substituents is 1. The molecule has 0 fully saturated rings. The first-order valence-corrected chi connectivity index (χ1v) is 5.88.